The van der Waals surface area contributed by atoms with E-state index in [0.717, 1.165) is 38.5 Å². The summed E-state index contributed by atoms with van der Waals surface area (Å²) in [5.74, 6) is 0.192. The molecule has 5 atom stereocenters. The Bertz CT molecular complexity index is 1040. The number of hydrogen-bond donors (Lipinski definition) is 0. The van der Waals surface area contributed by atoms with E-state index in [1.807, 2.05) is 18.2 Å². The number of fused-ring (bicyclic) bond motifs is 1. The smallest absolute Gasteiger partial charge is 0.261 e. The summed E-state index contributed by atoms with van der Waals surface area (Å²) in [6.07, 6.45) is 5.70. The molecule has 2 heterocycles. The van der Waals surface area contributed by atoms with Crippen LogP contribution in [0.5, 0.6) is 5.75 Å². The molecular formula is C28H33FN2O3. The van der Waals surface area contributed by atoms with Crippen LogP contribution in [0.2, 0.25) is 0 Å². The van der Waals surface area contributed by atoms with Crippen molar-refractivity contribution in [3.05, 3.63) is 66.0 Å². The fourth-order valence-electron chi connectivity index (χ4n) is 6.91. The number of benzene rings is 2. The highest BCUT2D eigenvalue weighted by Gasteiger charge is 2.63. The number of ether oxygens (including phenoxy) is 1. The van der Waals surface area contributed by atoms with E-state index in [2.05, 4.69) is 28.9 Å². The second-order valence-corrected chi connectivity index (χ2v) is 10.3. The number of nitrogens with zero attached hydrogens (tertiary/aromatic N) is 2. The van der Waals surface area contributed by atoms with Crippen LogP contribution in [0.4, 0.5) is 4.39 Å². The lowest BCUT2D eigenvalue weighted by molar-refractivity contribution is -0.143. The first kappa shape index (κ1) is 22.9. The summed E-state index contributed by atoms with van der Waals surface area (Å²) in [6, 6.07) is 16.1. The molecule has 6 heteroatoms. The van der Waals surface area contributed by atoms with Crippen molar-refractivity contribution in [2.75, 3.05) is 6.61 Å². The number of likely N-dealkylation sites (tertiary alicyclic amines) is 2. The van der Waals surface area contributed by atoms with Gasteiger partial charge in [0, 0.05) is 24.4 Å². The van der Waals surface area contributed by atoms with E-state index in [0.29, 0.717) is 5.75 Å². The number of hydrogen-bond acceptors (Lipinski definition) is 3. The van der Waals surface area contributed by atoms with E-state index < -0.39 is 0 Å². The van der Waals surface area contributed by atoms with Crippen LogP contribution in [0.3, 0.4) is 0 Å². The molecule has 34 heavy (non-hydrogen) atoms. The first-order valence-corrected chi connectivity index (χ1v) is 12.4. The molecule has 5 nitrogen and oxygen atoms in total. The van der Waals surface area contributed by atoms with Gasteiger partial charge in [0.25, 0.3) is 5.91 Å². The summed E-state index contributed by atoms with van der Waals surface area (Å²) in [7, 11) is 0. The van der Waals surface area contributed by atoms with Gasteiger partial charge in [-0.25, -0.2) is 4.39 Å². The zero-order valence-corrected chi connectivity index (χ0v) is 20.0. The van der Waals surface area contributed by atoms with Crippen LogP contribution < -0.4 is 4.74 Å². The van der Waals surface area contributed by atoms with E-state index in [9.17, 15) is 14.0 Å². The van der Waals surface area contributed by atoms with Crippen LogP contribution in [0.15, 0.2) is 54.6 Å². The molecule has 3 fully saturated rings. The summed E-state index contributed by atoms with van der Waals surface area (Å²) in [6.45, 7) is 3.87. The van der Waals surface area contributed by atoms with Crippen molar-refractivity contribution < 1.29 is 18.7 Å². The quantitative estimate of drug-likeness (QED) is 0.650. The third-order valence-electron chi connectivity index (χ3n) is 8.32. The fraction of sp³-hybridized carbons (Fsp3) is 0.500. The average molecular weight is 465 g/mol. The first-order valence-electron chi connectivity index (χ1n) is 12.4. The minimum absolute atomic E-state index is 0.0437. The number of carbonyl (C=O) groups is 2. The topological polar surface area (TPSA) is 49.9 Å². The fourth-order valence-corrected chi connectivity index (χ4v) is 6.91. The predicted octanol–water partition coefficient (Wildman–Crippen LogP) is 4.60. The van der Waals surface area contributed by atoms with Gasteiger partial charge in [-0.05, 0) is 55.5 Å². The van der Waals surface area contributed by atoms with Gasteiger partial charge >= 0.3 is 0 Å². The molecule has 0 N–H and O–H groups in total. The maximum atomic E-state index is 13.7. The monoisotopic (exact) mass is 464 g/mol. The van der Waals surface area contributed by atoms with E-state index in [-0.39, 0.29) is 53.8 Å². The molecular weight excluding hydrogens is 431 g/mol. The predicted molar refractivity (Wildman–Crippen MR) is 128 cm³/mol. The summed E-state index contributed by atoms with van der Waals surface area (Å²) in [5.41, 5.74) is 1.06. The molecule has 0 spiro atoms. The summed E-state index contributed by atoms with van der Waals surface area (Å²) in [5, 5.41) is 0. The Hall–Kier alpha value is -2.89. The second kappa shape index (κ2) is 9.05. The van der Waals surface area contributed by atoms with Crippen molar-refractivity contribution in [1.82, 2.24) is 9.80 Å². The molecule has 3 aliphatic rings. The Kier molecular flexibility index (Phi) is 6.09. The zero-order chi connectivity index (χ0) is 23.9. The van der Waals surface area contributed by atoms with Crippen molar-refractivity contribution in [3.8, 4) is 5.75 Å². The van der Waals surface area contributed by atoms with Gasteiger partial charge in [-0.2, -0.15) is 0 Å². The molecule has 1 saturated carbocycles. The molecule has 2 amide bonds. The second-order valence-electron chi connectivity index (χ2n) is 10.3. The molecule has 2 aromatic rings. The van der Waals surface area contributed by atoms with Crippen LogP contribution in [-0.4, -0.2) is 52.4 Å². The molecule has 0 aromatic heterocycles. The van der Waals surface area contributed by atoms with Gasteiger partial charge in [0.05, 0.1) is 12.1 Å². The molecule has 1 aliphatic carbocycles. The largest absolute Gasteiger partial charge is 0.484 e. The third kappa shape index (κ3) is 3.97. The van der Waals surface area contributed by atoms with Crippen LogP contribution in [0.25, 0.3) is 0 Å². The van der Waals surface area contributed by atoms with Crippen LogP contribution >= 0.6 is 0 Å². The van der Waals surface area contributed by atoms with Crippen molar-refractivity contribution in [2.24, 2.45) is 5.41 Å². The van der Waals surface area contributed by atoms with E-state index in [1.165, 1.54) is 17.7 Å². The highest BCUT2D eigenvalue weighted by atomic mass is 19.1. The number of carbonyl (C=O) groups excluding carboxylic acids is 2. The lowest BCUT2D eigenvalue weighted by atomic mass is 9.69. The Morgan fingerprint density at radius 1 is 1.00 bits per heavy atom. The third-order valence-corrected chi connectivity index (χ3v) is 8.32. The molecule has 0 unspecified atom stereocenters. The highest BCUT2D eigenvalue weighted by molar-refractivity contribution is 5.80. The average Bonchev–Trinajstić information content (AvgIpc) is 2.97. The summed E-state index contributed by atoms with van der Waals surface area (Å²) < 4.78 is 19.0. The van der Waals surface area contributed by atoms with Crippen LogP contribution in [0.1, 0.15) is 51.5 Å². The Morgan fingerprint density at radius 3 is 2.29 bits per heavy atom. The molecule has 2 bridgehead atoms. The minimum Gasteiger partial charge on any atom is -0.484 e. The number of piperidine rings is 1. The van der Waals surface area contributed by atoms with Gasteiger partial charge < -0.3 is 14.5 Å². The number of amides is 2. The minimum atomic E-state index is -0.336. The van der Waals surface area contributed by atoms with Gasteiger partial charge in [-0.1, -0.05) is 50.1 Å². The van der Waals surface area contributed by atoms with Crippen molar-refractivity contribution in [2.45, 2.75) is 76.5 Å². The standard InChI is InChI=1S/C28H33FN2O3/c1-19(32)30-23(16-20-8-4-3-5-9-20)24-17-28(2)25(30)10-6-7-11-26(28)31(24)27(33)18-34-22-14-12-21(29)13-15-22/h3-5,8-9,12-15,23-26H,6-7,10-11,16-18H2,1-2H3/t23-,24-,25+,26-,28+/m0/s1. The lowest BCUT2D eigenvalue weighted by Gasteiger charge is -2.50. The van der Waals surface area contributed by atoms with Gasteiger partial charge in [-0.3, -0.25) is 9.59 Å². The maximum Gasteiger partial charge on any atom is 0.261 e. The van der Waals surface area contributed by atoms with Crippen LogP contribution in [-0.2, 0) is 16.0 Å². The molecule has 180 valence electrons. The zero-order valence-electron chi connectivity index (χ0n) is 20.0. The first-order chi connectivity index (χ1) is 16.4. The van der Waals surface area contributed by atoms with Crippen molar-refractivity contribution in [1.29, 1.82) is 0 Å². The maximum absolute atomic E-state index is 13.7. The Morgan fingerprint density at radius 2 is 1.65 bits per heavy atom. The normalized spacial score (nSPS) is 30.1. The van der Waals surface area contributed by atoms with E-state index in [1.54, 1.807) is 19.1 Å². The van der Waals surface area contributed by atoms with E-state index in [4.69, 9.17) is 4.74 Å². The van der Waals surface area contributed by atoms with Gasteiger partial charge in [0.2, 0.25) is 5.91 Å². The lowest BCUT2D eigenvalue weighted by Crippen LogP contribution is -2.61. The van der Waals surface area contributed by atoms with Gasteiger partial charge in [0.15, 0.2) is 6.61 Å². The summed E-state index contributed by atoms with van der Waals surface area (Å²) in [4.78, 5) is 30.9. The van der Waals surface area contributed by atoms with Crippen molar-refractivity contribution >= 4 is 11.8 Å². The Balaban J connectivity index is 1.47. The molecule has 2 aliphatic heterocycles. The van der Waals surface area contributed by atoms with Crippen molar-refractivity contribution in [3.63, 3.8) is 0 Å². The number of halogens is 1. The Labute approximate surface area is 200 Å². The SMILES string of the molecule is CC(=O)N1[C@@H](Cc2ccccc2)[C@@H]2C[C@@]3(C)[C@H](CCCC[C@@H]13)N2C(=O)COc1ccc(F)cc1. The van der Waals surface area contributed by atoms with E-state index >= 15 is 0 Å². The van der Waals surface area contributed by atoms with Gasteiger partial charge in [-0.15, -0.1) is 0 Å². The molecule has 2 saturated heterocycles. The summed E-state index contributed by atoms with van der Waals surface area (Å²) >= 11 is 0. The molecule has 0 radical (unpaired) electrons. The molecule has 5 rings (SSSR count). The van der Waals surface area contributed by atoms with Gasteiger partial charge in [0.1, 0.15) is 11.6 Å². The van der Waals surface area contributed by atoms with Crippen LogP contribution in [0, 0.1) is 11.2 Å². The highest BCUT2D eigenvalue weighted by Crippen LogP contribution is 2.55. The molecule has 2 aromatic carbocycles. The number of rotatable bonds is 5.